The lowest BCUT2D eigenvalue weighted by molar-refractivity contribution is -0.128. The predicted octanol–water partition coefficient (Wildman–Crippen LogP) is 4.72. The zero-order valence-electron chi connectivity index (χ0n) is 19.0. The Morgan fingerprint density at radius 2 is 1.85 bits per heavy atom. The lowest BCUT2D eigenvalue weighted by atomic mass is 9.76. The Bertz CT molecular complexity index is 1030. The van der Waals surface area contributed by atoms with Crippen molar-refractivity contribution in [2.45, 2.75) is 51.2 Å². The zero-order chi connectivity index (χ0) is 22.8. The van der Waals surface area contributed by atoms with Gasteiger partial charge in [0.1, 0.15) is 0 Å². The second-order valence-corrected chi connectivity index (χ2v) is 10.3. The Morgan fingerprint density at radius 3 is 2.61 bits per heavy atom. The average Bonchev–Trinajstić information content (AvgIpc) is 3.40. The van der Waals surface area contributed by atoms with Gasteiger partial charge in [-0.2, -0.15) is 0 Å². The van der Waals surface area contributed by atoms with Gasteiger partial charge >= 0.3 is 0 Å². The molecule has 0 saturated carbocycles. The van der Waals surface area contributed by atoms with Crippen LogP contribution in [0.4, 0.5) is 0 Å². The fourth-order valence-electron chi connectivity index (χ4n) is 5.56. The number of likely N-dealkylation sites (tertiary alicyclic amines) is 2. The molecular formula is C27H31ClN2O3. The number of halogens is 1. The van der Waals surface area contributed by atoms with Crippen molar-refractivity contribution >= 4 is 23.4 Å². The van der Waals surface area contributed by atoms with Crippen LogP contribution in [0.15, 0.2) is 48.5 Å². The number of amides is 2. The van der Waals surface area contributed by atoms with E-state index < -0.39 is 0 Å². The monoisotopic (exact) mass is 466 g/mol. The maximum Gasteiger partial charge on any atom is 0.253 e. The molecule has 3 saturated heterocycles. The highest BCUT2D eigenvalue weighted by Gasteiger charge is 2.43. The Hall–Kier alpha value is -2.37. The minimum Gasteiger partial charge on any atom is -0.377 e. The fourth-order valence-corrected chi connectivity index (χ4v) is 5.78. The van der Waals surface area contributed by atoms with E-state index in [1.165, 1.54) is 5.56 Å². The van der Waals surface area contributed by atoms with Gasteiger partial charge in [0.2, 0.25) is 5.91 Å². The van der Waals surface area contributed by atoms with E-state index >= 15 is 0 Å². The standard InChI is InChI=1S/C27H31ClN2O3/c28-23-7-2-4-20(15-23)16-24-17-27(19-33-24)9-12-29(13-10-27)26(32)22-6-1-5-21(14-22)18-30-11-3-8-25(30)31/h1-2,4-7,14-15,24H,3,8-13,16-19H2. The van der Waals surface area contributed by atoms with E-state index in [0.717, 1.165) is 74.5 Å². The van der Waals surface area contributed by atoms with Crippen LogP contribution in [0.2, 0.25) is 5.02 Å². The fraction of sp³-hybridized carbons (Fsp3) is 0.481. The minimum atomic E-state index is 0.0915. The Balaban J connectivity index is 1.16. The van der Waals surface area contributed by atoms with E-state index in [-0.39, 0.29) is 23.3 Å². The molecule has 5 nitrogen and oxygen atoms in total. The van der Waals surface area contributed by atoms with Crippen LogP contribution in [0, 0.1) is 5.41 Å². The van der Waals surface area contributed by atoms with E-state index in [0.29, 0.717) is 13.0 Å². The molecule has 1 unspecified atom stereocenters. The topological polar surface area (TPSA) is 49.9 Å². The molecule has 3 aliphatic rings. The lowest BCUT2D eigenvalue weighted by Gasteiger charge is -2.38. The van der Waals surface area contributed by atoms with Gasteiger partial charge in [-0.05, 0) is 72.9 Å². The summed E-state index contributed by atoms with van der Waals surface area (Å²) in [6, 6.07) is 15.8. The van der Waals surface area contributed by atoms with Gasteiger partial charge in [0.05, 0.1) is 12.7 Å². The first kappa shape index (κ1) is 22.4. The van der Waals surface area contributed by atoms with Crippen molar-refractivity contribution in [2.24, 2.45) is 5.41 Å². The SMILES string of the molecule is O=C1CCCN1Cc1cccc(C(=O)N2CCC3(CC2)COC(Cc2cccc(Cl)c2)C3)c1. The van der Waals surface area contributed by atoms with Gasteiger partial charge in [0.25, 0.3) is 5.91 Å². The van der Waals surface area contributed by atoms with Crippen LogP contribution in [-0.2, 0) is 22.5 Å². The van der Waals surface area contributed by atoms with Crippen molar-refractivity contribution in [1.29, 1.82) is 0 Å². The largest absolute Gasteiger partial charge is 0.377 e. The second-order valence-electron chi connectivity index (χ2n) is 9.88. The highest BCUT2D eigenvalue weighted by molar-refractivity contribution is 6.30. The first-order valence-electron chi connectivity index (χ1n) is 12.0. The van der Waals surface area contributed by atoms with Gasteiger partial charge in [-0.1, -0.05) is 35.9 Å². The number of carbonyl (C=O) groups excluding carboxylic acids is 2. The number of benzene rings is 2. The molecular weight excluding hydrogens is 436 g/mol. The van der Waals surface area contributed by atoms with Gasteiger partial charge in [0, 0.05) is 43.2 Å². The van der Waals surface area contributed by atoms with Crippen LogP contribution in [-0.4, -0.2) is 54.0 Å². The van der Waals surface area contributed by atoms with Crippen LogP contribution in [0.1, 0.15) is 53.6 Å². The highest BCUT2D eigenvalue weighted by Crippen LogP contribution is 2.43. The molecule has 3 fully saturated rings. The third-order valence-corrected chi connectivity index (χ3v) is 7.70. The summed E-state index contributed by atoms with van der Waals surface area (Å²) in [5.41, 5.74) is 3.14. The summed E-state index contributed by atoms with van der Waals surface area (Å²) in [4.78, 5) is 29.0. The number of nitrogens with zero attached hydrogens (tertiary/aromatic N) is 2. The van der Waals surface area contributed by atoms with E-state index in [1.54, 1.807) is 0 Å². The predicted molar refractivity (Wildman–Crippen MR) is 128 cm³/mol. The van der Waals surface area contributed by atoms with Crippen LogP contribution in [0.5, 0.6) is 0 Å². The Morgan fingerprint density at radius 1 is 1.06 bits per heavy atom. The van der Waals surface area contributed by atoms with Crippen molar-refractivity contribution < 1.29 is 14.3 Å². The van der Waals surface area contributed by atoms with Gasteiger partial charge in [-0.25, -0.2) is 0 Å². The molecule has 174 valence electrons. The maximum atomic E-state index is 13.2. The van der Waals surface area contributed by atoms with Gasteiger partial charge in [-0.3, -0.25) is 9.59 Å². The van der Waals surface area contributed by atoms with E-state index in [1.807, 2.05) is 52.3 Å². The van der Waals surface area contributed by atoms with Crippen molar-refractivity contribution in [2.75, 3.05) is 26.2 Å². The second kappa shape index (κ2) is 9.47. The van der Waals surface area contributed by atoms with Crippen LogP contribution in [0.3, 0.4) is 0 Å². The quantitative estimate of drug-likeness (QED) is 0.640. The first-order valence-corrected chi connectivity index (χ1v) is 12.4. The van der Waals surface area contributed by atoms with Crippen LogP contribution < -0.4 is 0 Å². The number of hydrogen-bond acceptors (Lipinski definition) is 3. The molecule has 33 heavy (non-hydrogen) atoms. The smallest absolute Gasteiger partial charge is 0.253 e. The molecule has 6 heteroatoms. The lowest BCUT2D eigenvalue weighted by Crippen LogP contribution is -2.43. The van der Waals surface area contributed by atoms with Crippen molar-refractivity contribution in [3.63, 3.8) is 0 Å². The molecule has 1 spiro atoms. The minimum absolute atomic E-state index is 0.0915. The summed E-state index contributed by atoms with van der Waals surface area (Å²) in [6.07, 6.45) is 5.67. The molecule has 0 aliphatic carbocycles. The van der Waals surface area contributed by atoms with E-state index in [4.69, 9.17) is 16.3 Å². The van der Waals surface area contributed by atoms with Crippen molar-refractivity contribution in [1.82, 2.24) is 9.80 Å². The average molecular weight is 467 g/mol. The van der Waals surface area contributed by atoms with Gasteiger partial charge in [0.15, 0.2) is 0 Å². The number of rotatable bonds is 5. The normalized spacial score (nSPS) is 22.3. The molecule has 2 aromatic rings. The summed E-state index contributed by atoms with van der Waals surface area (Å²) in [5.74, 6) is 0.300. The number of carbonyl (C=O) groups is 2. The molecule has 3 aliphatic heterocycles. The zero-order valence-corrected chi connectivity index (χ0v) is 19.7. The van der Waals surface area contributed by atoms with E-state index in [9.17, 15) is 9.59 Å². The van der Waals surface area contributed by atoms with Crippen molar-refractivity contribution in [3.8, 4) is 0 Å². The summed E-state index contributed by atoms with van der Waals surface area (Å²) >= 11 is 6.13. The number of ether oxygens (including phenoxy) is 1. The molecule has 0 radical (unpaired) electrons. The molecule has 0 bridgehead atoms. The van der Waals surface area contributed by atoms with Crippen molar-refractivity contribution in [3.05, 3.63) is 70.2 Å². The van der Waals surface area contributed by atoms with Gasteiger partial charge < -0.3 is 14.5 Å². The molecule has 0 N–H and O–H groups in total. The summed E-state index contributed by atoms with van der Waals surface area (Å²) in [6.45, 7) is 3.71. The summed E-state index contributed by atoms with van der Waals surface area (Å²) in [7, 11) is 0. The first-order chi connectivity index (χ1) is 16.0. The van der Waals surface area contributed by atoms with Crippen LogP contribution in [0.25, 0.3) is 0 Å². The number of hydrogen-bond donors (Lipinski definition) is 0. The number of piperidine rings is 1. The Kier molecular flexibility index (Phi) is 6.44. The molecule has 5 rings (SSSR count). The molecule has 0 aromatic heterocycles. The maximum absolute atomic E-state index is 13.2. The van der Waals surface area contributed by atoms with Crippen LogP contribution >= 0.6 is 11.6 Å². The molecule has 2 aromatic carbocycles. The molecule has 2 amide bonds. The Labute approximate surface area is 200 Å². The third-order valence-electron chi connectivity index (χ3n) is 7.47. The van der Waals surface area contributed by atoms with E-state index in [2.05, 4.69) is 6.07 Å². The molecule has 3 heterocycles. The third kappa shape index (κ3) is 5.10. The van der Waals surface area contributed by atoms with Gasteiger partial charge in [-0.15, -0.1) is 0 Å². The molecule has 1 atom stereocenters. The summed E-state index contributed by atoms with van der Waals surface area (Å²) in [5, 5.41) is 0.767. The highest BCUT2D eigenvalue weighted by atomic mass is 35.5. The summed E-state index contributed by atoms with van der Waals surface area (Å²) < 4.78 is 6.18.